The second-order valence-corrected chi connectivity index (χ2v) is 6.22. The van der Waals surface area contributed by atoms with Crippen LogP contribution in [0.15, 0.2) is 24.3 Å². The lowest BCUT2D eigenvalue weighted by Crippen LogP contribution is -2.42. The average molecular weight is 287 g/mol. The van der Waals surface area contributed by atoms with Crippen LogP contribution in [-0.2, 0) is 10.2 Å². The molecule has 7 heteroatoms. The third-order valence-corrected chi connectivity index (χ3v) is 4.45. The molecule has 1 aliphatic carbocycles. The van der Waals surface area contributed by atoms with Crippen molar-refractivity contribution in [2.24, 2.45) is 5.73 Å². The summed E-state index contributed by atoms with van der Waals surface area (Å²) < 4.78 is 41.5. The van der Waals surface area contributed by atoms with Crippen LogP contribution in [0.1, 0.15) is 19.3 Å². The van der Waals surface area contributed by atoms with Crippen LogP contribution in [0, 0.1) is 5.82 Å². The third kappa shape index (κ3) is 3.89. The largest absolute Gasteiger partial charge is 0.330 e. The molecular weight excluding hydrogens is 269 g/mol. The van der Waals surface area contributed by atoms with E-state index in [1.54, 1.807) is 6.07 Å². The van der Waals surface area contributed by atoms with Gasteiger partial charge in [-0.2, -0.15) is 13.1 Å². The summed E-state index contributed by atoms with van der Waals surface area (Å²) in [4.78, 5) is 0. The fraction of sp³-hybridized carbons (Fsp3) is 0.500. The Labute approximate surface area is 112 Å². The van der Waals surface area contributed by atoms with Crippen molar-refractivity contribution in [2.75, 3.05) is 17.4 Å². The average Bonchev–Trinajstić information content (AvgIpc) is 3.12. The number of hydrogen-bond donors (Lipinski definition) is 2. The summed E-state index contributed by atoms with van der Waals surface area (Å²) in [6.07, 6.45) is 2.22. The lowest BCUT2D eigenvalue weighted by molar-refractivity contribution is 0.574. The maximum atomic E-state index is 13.2. The van der Waals surface area contributed by atoms with Crippen molar-refractivity contribution in [1.29, 1.82) is 0 Å². The Morgan fingerprint density at radius 2 is 2.16 bits per heavy atom. The molecule has 0 spiro atoms. The lowest BCUT2D eigenvalue weighted by atomic mass is 10.3. The molecule has 1 fully saturated rings. The molecule has 0 bridgehead atoms. The SMILES string of the molecule is NCCCN(c1cccc(F)c1)S(=O)(=O)NC1CC1. The maximum Gasteiger partial charge on any atom is 0.301 e. The first-order valence-corrected chi connectivity index (χ1v) is 7.72. The highest BCUT2D eigenvalue weighted by Gasteiger charge is 2.31. The number of nitrogens with one attached hydrogen (secondary N) is 1. The molecule has 106 valence electrons. The predicted molar refractivity (Wildman–Crippen MR) is 72.5 cm³/mol. The Hall–Kier alpha value is -1.18. The summed E-state index contributed by atoms with van der Waals surface area (Å²) in [6, 6.07) is 5.58. The summed E-state index contributed by atoms with van der Waals surface area (Å²) in [5.41, 5.74) is 5.75. The van der Waals surface area contributed by atoms with Crippen LogP contribution in [0.25, 0.3) is 0 Å². The van der Waals surface area contributed by atoms with Crippen molar-refractivity contribution in [3.8, 4) is 0 Å². The van der Waals surface area contributed by atoms with E-state index < -0.39 is 16.0 Å². The van der Waals surface area contributed by atoms with Gasteiger partial charge in [-0.3, -0.25) is 4.31 Å². The summed E-state index contributed by atoms with van der Waals surface area (Å²) in [7, 11) is -3.64. The first-order chi connectivity index (χ1) is 9.03. The van der Waals surface area contributed by atoms with E-state index >= 15 is 0 Å². The van der Waals surface area contributed by atoms with Crippen LogP contribution in [0.3, 0.4) is 0 Å². The van der Waals surface area contributed by atoms with Gasteiger partial charge in [0.05, 0.1) is 5.69 Å². The van der Waals surface area contributed by atoms with E-state index in [-0.39, 0.29) is 12.6 Å². The normalized spacial score (nSPS) is 15.5. The zero-order valence-electron chi connectivity index (χ0n) is 10.5. The molecule has 0 aliphatic heterocycles. The van der Waals surface area contributed by atoms with Crippen molar-refractivity contribution in [3.63, 3.8) is 0 Å². The van der Waals surface area contributed by atoms with E-state index in [4.69, 9.17) is 5.73 Å². The van der Waals surface area contributed by atoms with Crippen molar-refractivity contribution in [3.05, 3.63) is 30.1 Å². The molecule has 1 saturated carbocycles. The van der Waals surface area contributed by atoms with Gasteiger partial charge in [0.2, 0.25) is 0 Å². The van der Waals surface area contributed by atoms with Crippen LogP contribution < -0.4 is 14.8 Å². The second kappa shape index (κ2) is 5.85. The Morgan fingerprint density at radius 3 is 2.74 bits per heavy atom. The molecule has 0 unspecified atom stereocenters. The molecule has 1 aliphatic rings. The Kier molecular flexibility index (Phi) is 4.38. The van der Waals surface area contributed by atoms with Crippen molar-refractivity contribution >= 4 is 15.9 Å². The standard InChI is InChI=1S/C12H18FN3O2S/c13-10-3-1-4-12(9-10)16(8-2-7-14)19(17,18)15-11-5-6-11/h1,3-4,9,11,15H,2,5-8,14H2. The van der Waals surface area contributed by atoms with Gasteiger partial charge < -0.3 is 5.73 Å². The number of hydrogen-bond acceptors (Lipinski definition) is 3. The Bertz CT molecular complexity index is 532. The molecule has 0 heterocycles. The minimum atomic E-state index is -3.64. The maximum absolute atomic E-state index is 13.2. The van der Waals surface area contributed by atoms with Gasteiger partial charge in [0.25, 0.3) is 0 Å². The smallest absolute Gasteiger partial charge is 0.301 e. The van der Waals surface area contributed by atoms with Gasteiger partial charge in [-0.15, -0.1) is 0 Å². The van der Waals surface area contributed by atoms with Crippen molar-refractivity contribution in [2.45, 2.75) is 25.3 Å². The van der Waals surface area contributed by atoms with Gasteiger partial charge >= 0.3 is 10.2 Å². The fourth-order valence-corrected chi connectivity index (χ4v) is 3.27. The number of halogens is 1. The molecule has 0 saturated heterocycles. The molecule has 1 aromatic rings. The number of benzene rings is 1. The minimum absolute atomic E-state index is 0.0129. The molecule has 0 radical (unpaired) electrons. The van der Waals surface area contributed by atoms with E-state index in [1.165, 1.54) is 22.5 Å². The molecule has 3 N–H and O–H groups in total. The van der Waals surface area contributed by atoms with Crippen LogP contribution in [0.4, 0.5) is 10.1 Å². The van der Waals surface area contributed by atoms with Gasteiger partial charge in [0.1, 0.15) is 5.82 Å². The number of nitrogens with zero attached hydrogens (tertiary/aromatic N) is 1. The predicted octanol–water partition coefficient (Wildman–Crippen LogP) is 0.978. The molecule has 0 amide bonds. The van der Waals surface area contributed by atoms with Gasteiger partial charge in [-0.1, -0.05) is 6.07 Å². The molecule has 0 atom stereocenters. The van der Waals surface area contributed by atoms with Crippen LogP contribution in [-0.4, -0.2) is 27.5 Å². The van der Waals surface area contributed by atoms with Crippen LogP contribution in [0.2, 0.25) is 0 Å². The topological polar surface area (TPSA) is 75.4 Å². The molecule has 0 aromatic heterocycles. The second-order valence-electron chi connectivity index (χ2n) is 4.59. The molecule has 19 heavy (non-hydrogen) atoms. The first-order valence-electron chi connectivity index (χ1n) is 6.28. The van der Waals surface area contributed by atoms with Crippen LogP contribution in [0.5, 0.6) is 0 Å². The van der Waals surface area contributed by atoms with Crippen molar-refractivity contribution in [1.82, 2.24) is 4.72 Å². The third-order valence-electron chi connectivity index (χ3n) is 2.84. The monoisotopic (exact) mass is 287 g/mol. The number of rotatable bonds is 7. The zero-order chi connectivity index (χ0) is 13.9. The van der Waals surface area contributed by atoms with Crippen molar-refractivity contribution < 1.29 is 12.8 Å². The lowest BCUT2D eigenvalue weighted by Gasteiger charge is -2.24. The molecular formula is C12H18FN3O2S. The van der Waals surface area contributed by atoms with Gasteiger partial charge in [0.15, 0.2) is 0 Å². The summed E-state index contributed by atoms with van der Waals surface area (Å²) >= 11 is 0. The Morgan fingerprint density at radius 1 is 1.42 bits per heavy atom. The van der Waals surface area contributed by atoms with E-state index in [9.17, 15) is 12.8 Å². The number of anilines is 1. The van der Waals surface area contributed by atoms with Gasteiger partial charge in [-0.05, 0) is 44.0 Å². The van der Waals surface area contributed by atoms with E-state index in [0.717, 1.165) is 12.8 Å². The fourth-order valence-electron chi connectivity index (χ4n) is 1.73. The van der Waals surface area contributed by atoms with Gasteiger partial charge in [0, 0.05) is 12.6 Å². The summed E-state index contributed by atoms with van der Waals surface area (Å²) in [5, 5.41) is 0. The van der Waals surface area contributed by atoms with Crippen LogP contribution >= 0.6 is 0 Å². The van der Waals surface area contributed by atoms with E-state index in [0.29, 0.717) is 18.7 Å². The Balaban J connectivity index is 2.23. The summed E-state index contributed by atoms with van der Waals surface area (Å²) in [6.45, 7) is 0.618. The van der Waals surface area contributed by atoms with E-state index in [2.05, 4.69) is 4.72 Å². The molecule has 2 rings (SSSR count). The highest BCUT2D eigenvalue weighted by Crippen LogP contribution is 2.24. The summed E-state index contributed by atoms with van der Waals surface area (Å²) in [5.74, 6) is -0.461. The minimum Gasteiger partial charge on any atom is -0.330 e. The van der Waals surface area contributed by atoms with E-state index in [1.807, 2.05) is 0 Å². The highest BCUT2D eigenvalue weighted by atomic mass is 32.2. The van der Waals surface area contributed by atoms with Gasteiger partial charge in [-0.25, -0.2) is 4.39 Å². The zero-order valence-corrected chi connectivity index (χ0v) is 11.4. The number of nitrogens with two attached hydrogens (primary N) is 1. The molecule has 1 aromatic carbocycles. The first kappa shape index (κ1) is 14.2. The quantitative estimate of drug-likeness (QED) is 0.785. The highest BCUT2D eigenvalue weighted by molar-refractivity contribution is 7.90. The molecule has 5 nitrogen and oxygen atoms in total.